The monoisotopic (exact) mass is 360 g/mol. The number of benzene rings is 2. The molecule has 0 saturated carbocycles. The van der Waals surface area contributed by atoms with Crippen molar-refractivity contribution in [2.45, 2.75) is 51.9 Å². The van der Waals surface area contributed by atoms with E-state index in [-0.39, 0.29) is 10.8 Å². The van der Waals surface area contributed by atoms with Gasteiger partial charge in [0.25, 0.3) is 0 Å². The van der Waals surface area contributed by atoms with Crippen molar-refractivity contribution in [3.05, 3.63) is 59.7 Å². The van der Waals surface area contributed by atoms with E-state index in [1.807, 2.05) is 6.07 Å². The van der Waals surface area contributed by atoms with E-state index < -0.39 is 0 Å². The minimum absolute atomic E-state index is 0.0194. The van der Waals surface area contributed by atoms with E-state index in [4.69, 9.17) is 9.97 Å². The molecule has 2 heterocycles. The fourth-order valence-electron chi connectivity index (χ4n) is 3.86. The van der Waals surface area contributed by atoms with Crippen LogP contribution in [0, 0.1) is 0 Å². The number of rotatable bonds is 3. The smallest absolute Gasteiger partial charge is 0.115 e. The van der Waals surface area contributed by atoms with E-state index in [1.165, 1.54) is 11.1 Å². The Morgan fingerprint density at radius 1 is 0.926 bits per heavy atom. The summed E-state index contributed by atoms with van der Waals surface area (Å²) in [6.45, 7) is 11.1. The van der Waals surface area contributed by atoms with Gasteiger partial charge in [-0.1, -0.05) is 52.8 Å². The van der Waals surface area contributed by atoms with Gasteiger partial charge in [-0.05, 0) is 36.2 Å². The Balaban J connectivity index is 1.70. The fourth-order valence-corrected chi connectivity index (χ4v) is 3.86. The van der Waals surface area contributed by atoms with E-state index in [0.717, 1.165) is 34.6 Å². The zero-order valence-corrected chi connectivity index (χ0v) is 17.1. The predicted octanol–water partition coefficient (Wildman–Crippen LogP) is 5.27. The minimum atomic E-state index is -0.0751. The summed E-state index contributed by atoms with van der Waals surface area (Å²) >= 11 is 0. The molecule has 0 aliphatic heterocycles. The Hall–Kier alpha value is -2.62. The molecule has 4 heteroatoms. The molecule has 4 nitrogen and oxygen atoms in total. The summed E-state index contributed by atoms with van der Waals surface area (Å²) in [6.07, 6.45) is 0.921. The summed E-state index contributed by atoms with van der Waals surface area (Å²) in [6, 6.07) is 14.9. The van der Waals surface area contributed by atoms with Gasteiger partial charge in [0.05, 0.1) is 22.1 Å². The summed E-state index contributed by atoms with van der Waals surface area (Å²) in [4.78, 5) is 13.2. The number of aromatic nitrogens is 4. The number of aryl methyl sites for hydroxylation is 1. The first-order valence-corrected chi connectivity index (χ1v) is 9.56. The zero-order chi connectivity index (χ0) is 19.4. The number of nitrogens with zero attached hydrogens (tertiary/aromatic N) is 3. The highest BCUT2D eigenvalue weighted by Gasteiger charge is 2.27. The predicted molar refractivity (Wildman–Crippen MR) is 112 cm³/mol. The highest BCUT2D eigenvalue weighted by atomic mass is 15.1. The molecule has 140 valence electrons. The SMILES string of the molecule is Cn1c(C(C)(C)Cc2ccc3nc(C(C)(C)C)[nH]c3c2)nc2ccccc21. The van der Waals surface area contributed by atoms with Crippen LogP contribution in [0.4, 0.5) is 0 Å². The highest BCUT2D eigenvalue weighted by molar-refractivity contribution is 5.77. The van der Waals surface area contributed by atoms with Crippen LogP contribution in [0.1, 0.15) is 51.8 Å². The van der Waals surface area contributed by atoms with E-state index in [0.29, 0.717) is 0 Å². The summed E-state index contributed by atoms with van der Waals surface area (Å²) in [5, 5.41) is 0. The first kappa shape index (κ1) is 17.8. The molecule has 4 rings (SSSR count). The Kier molecular flexibility index (Phi) is 3.91. The molecule has 0 spiro atoms. The molecular weight excluding hydrogens is 332 g/mol. The van der Waals surface area contributed by atoms with Crippen molar-refractivity contribution in [2.75, 3.05) is 0 Å². The number of nitrogens with one attached hydrogen (secondary N) is 1. The van der Waals surface area contributed by atoms with Crippen LogP contribution in [0.2, 0.25) is 0 Å². The second-order valence-electron chi connectivity index (χ2n) is 9.23. The third-order valence-electron chi connectivity index (χ3n) is 5.30. The number of imidazole rings is 2. The van der Waals surface area contributed by atoms with Crippen molar-refractivity contribution in [1.82, 2.24) is 19.5 Å². The molecule has 0 fully saturated rings. The summed E-state index contributed by atoms with van der Waals surface area (Å²) in [7, 11) is 2.11. The molecule has 2 aromatic carbocycles. The maximum atomic E-state index is 4.92. The normalized spacial score (nSPS) is 13.0. The average Bonchev–Trinajstić information content (AvgIpc) is 3.16. The third-order valence-corrected chi connectivity index (χ3v) is 5.30. The molecule has 0 bridgehead atoms. The molecule has 2 aromatic heterocycles. The van der Waals surface area contributed by atoms with Gasteiger partial charge in [-0.25, -0.2) is 9.97 Å². The number of hydrogen-bond donors (Lipinski definition) is 1. The van der Waals surface area contributed by atoms with Crippen molar-refractivity contribution < 1.29 is 0 Å². The van der Waals surface area contributed by atoms with Gasteiger partial charge in [0.15, 0.2) is 0 Å². The maximum absolute atomic E-state index is 4.92. The van der Waals surface area contributed by atoms with Gasteiger partial charge in [0, 0.05) is 17.9 Å². The summed E-state index contributed by atoms with van der Waals surface area (Å²) < 4.78 is 2.22. The van der Waals surface area contributed by atoms with Crippen LogP contribution in [0.15, 0.2) is 42.5 Å². The standard InChI is InChI=1S/C23H28N4/c1-22(2,3)20-24-16-12-11-15(13-18(16)25-20)14-23(4,5)21-26-17-9-7-8-10-19(17)27(21)6/h7-13H,14H2,1-6H3,(H,24,25). The van der Waals surface area contributed by atoms with Gasteiger partial charge in [-0.2, -0.15) is 0 Å². The molecule has 0 unspecified atom stereocenters. The molecule has 0 radical (unpaired) electrons. The lowest BCUT2D eigenvalue weighted by atomic mass is 9.84. The molecule has 0 saturated heterocycles. The lowest BCUT2D eigenvalue weighted by Gasteiger charge is -2.24. The molecule has 0 aliphatic carbocycles. The van der Waals surface area contributed by atoms with E-state index in [2.05, 4.69) is 87.6 Å². The van der Waals surface area contributed by atoms with Crippen molar-refractivity contribution in [3.8, 4) is 0 Å². The summed E-state index contributed by atoms with van der Waals surface area (Å²) in [5.41, 5.74) is 5.62. The Morgan fingerprint density at radius 3 is 2.37 bits per heavy atom. The first-order valence-electron chi connectivity index (χ1n) is 9.56. The molecule has 4 aromatic rings. The number of fused-ring (bicyclic) bond motifs is 2. The van der Waals surface area contributed by atoms with Gasteiger partial charge < -0.3 is 9.55 Å². The Labute approximate surface area is 160 Å². The van der Waals surface area contributed by atoms with E-state index >= 15 is 0 Å². The van der Waals surface area contributed by atoms with Crippen LogP contribution in [0.25, 0.3) is 22.1 Å². The molecule has 27 heavy (non-hydrogen) atoms. The molecular formula is C23H28N4. The van der Waals surface area contributed by atoms with Crippen LogP contribution in [0.5, 0.6) is 0 Å². The van der Waals surface area contributed by atoms with Crippen LogP contribution >= 0.6 is 0 Å². The minimum Gasteiger partial charge on any atom is -0.342 e. The number of aromatic amines is 1. The quantitative estimate of drug-likeness (QED) is 0.541. The lowest BCUT2D eigenvalue weighted by Crippen LogP contribution is -2.24. The molecule has 1 N–H and O–H groups in total. The van der Waals surface area contributed by atoms with Crippen LogP contribution in [-0.4, -0.2) is 19.5 Å². The highest BCUT2D eigenvalue weighted by Crippen LogP contribution is 2.31. The average molecular weight is 361 g/mol. The van der Waals surface area contributed by atoms with Crippen molar-refractivity contribution >= 4 is 22.1 Å². The van der Waals surface area contributed by atoms with Gasteiger partial charge in [0.1, 0.15) is 11.6 Å². The van der Waals surface area contributed by atoms with Crippen LogP contribution in [0.3, 0.4) is 0 Å². The van der Waals surface area contributed by atoms with Gasteiger partial charge in [-0.3, -0.25) is 0 Å². The van der Waals surface area contributed by atoms with Gasteiger partial charge >= 0.3 is 0 Å². The molecule has 0 amide bonds. The third kappa shape index (κ3) is 3.14. The topological polar surface area (TPSA) is 46.5 Å². The maximum Gasteiger partial charge on any atom is 0.115 e. The zero-order valence-electron chi connectivity index (χ0n) is 17.1. The van der Waals surface area contributed by atoms with Crippen molar-refractivity contribution in [1.29, 1.82) is 0 Å². The fraction of sp³-hybridized carbons (Fsp3) is 0.391. The van der Waals surface area contributed by atoms with Gasteiger partial charge in [0.2, 0.25) is 0 Å². The first-order chi connectivity index (χ1) is 12.6. The second-order valence-corrected chi connectivity index (χ2v) is 9.23. The second kappa shape index (κ2) is 5.95. The van der Waals surface area contributed by atoms with Crippen molar-refractivity contribution in [3.63, 3.8) is 0 Å². The van der Waals surface area contributed by atoms with Crippen molar-refractivity contribution in [2.24, 2.45) is 7.05 Å². The molecule has 0 aliphatic rings. The van der Waals surface area contributed by atoms with Crippen LogP contribution in [-0.2, 0) is 24.3 Å². The van der Waals surface area contributed by atoms with E-state index in [1.54, 1.807) is 0 Å². The Bertz CT molecular complexity index is 1120. The number of hydrogen-bond acceptors (Lipinski definition) is 2. The Morgan fingerprint density at radius 2 is 1.67 bits per heavy atom. The van der Waals surface area contributed by atoms with Gasteiger partial charge in [-0.15, -0.1) is 0 Å². The summed E-state index contributed by atoms with van der Waals surface area (Å²) in [5.74, 6) is 2.15. The molecule has 0 atom stereocenters. The largest absolute Gasteiger partial charge is 0.342 e. The van der Waals surface area contributed by atoms with E-state index in [9.17, 15) is 0 Å². The number of H-pyrrole nitrogens is 1. The van der Waals surface area contributed by atoms with Crippen LogP contribution < -0.4 is 0 Å². The lowest BCUT2D eigenvalue weighted by molar-refractivity contribution is 0.473. The number of para-hydroxylation sites is 2.